The lowest BCUT2D eigenvalue weighted by Gasteiger charge is -2.40. The van der Waals surface area contributed by atoms with Gasteiger partial charge in [-0.05, 0) is 82.3 Å². The van der Waals surface area contributed by atoms with Crippen LogP contribution in [0, 0.1) is 5.92 Å². The van der Waals surface area contributed by atoms with Gasteiger partial charge in [0.2, 0.25) is 0 Å². The number of benzene rings is 2. The van der Waals surface area contributed by atoms with Gasteiger partial charge in [-0.1, -0.05) is 42.5 Å². The van der Waals surface area contributed by atoms with Crippen LogP contribution in [0.15, 0.2) is 54.6 Å². The molecule has 0 spiro atoms. The van der Waals surface area contributed by atoms with Gasteiger partial charge >= 0.3 is 0 Å². The molecule has 1 heterocycles. The third-order valence-electron chi connectivity index (χ3n) is 5.67. The molecule has 1 aliphatic heterocycles. The average molecular weight is 368 g/mol. The van der Waals surface area contributed by atoms with Crippen molar-refractivity contribution in [1.29, 1.82) is 0 Å². The maximum atomic E-state index is 9.61. The van der Waals surface area contributed by atoms with Gasteiger partial charge in [-0.3, -0.25) is 4.90 Å². The second kappa shape index (κ2) is 9.38. The Morgan fingerprint density at radius 2 is 1.59 bits per heavy atom. The Bertz CT molecular complexity index is 675. The second-order valence-electron chi connectivity index (χ2n) is 8.11. The predicted octanol–water partition coefficient (Wildman–Crippen LogP) is 5.20. The standard InChI is InChI=1S/C24H33NO2/c1-18(2)27-24(22-9-11-23(26)12-10-22)19(3)25-15-13-21(14-16-25)17-20-7-5-4-6-8-20/h4-12,18-19,21,24,26H,13-17H2,1-3H3. The molecular formula is C24H33NO2. The molecule has 0 saturated carbocycles. The molecule has 1 N–H and O–H groups in total. The summed E-state index contributed by atoms with van der Waals surface area (Å²) >= 11 is 0. The Hall–Kier alpha value is -1.84. The molecule has 2 aromatic carbocycles. The van der Waals surface area contributed by atoms with Crippen LogP contribution in [0.5, 0.6) is 5.75 Å². The van der Waals surface area contributed by atoms with Crippen molar-refractivity contribution in [3.63, 3.8) is 0 Å². The first-order valence-corrected chi connectivity index (χ1v) is 10.3. The van der Waals surface area contributed by atoms with E-state index in [-0.39, 0.29) is 12.2 Å². The molecule has 146 valence electrons. The number of phenolic OH excluding ortho intramolecular Hbond substituents is 1. The minimum atomic E-state index is 0.0243. The Balaban J connectivity index is 1.61. The fraction of sp³-hybridized carbons (Fsp3) is 0.500. The fourth-order valence-electron chi connectivity index (χ4n) is 4.13. The van der Waals surface area contributed by atoms with Crippen molar-refractivity contribution in [2.24, 2.45) is 5.92 Å². The van der Waals surface area contributed by atoms with Crippen LogP contribution in [0.1, 0.15) is 50.8 Å². The smallest absolute Gasteiger partial charge is 0.115 e. The van der Waals surface area contributed by atoms with Gasteiger partial charge in [0.15, 0.2) is 0 Å². The van der Waals surface area contributed by atoms with Gasteiger partial charge in [-0.25, -0.2) is 0 Å². The van der Waals surface area contributed by atoms with Crippen LogP contribution in [0.3, 0.4) is 0 Å². The summed E-state index contributed by atoms with van der Waals surface area (Å²) in [6, 6.07) is 18.6. The lowest BCUT2D eigenvalue weighted by atomic mass is 9.89. The van der Waals surface area contributed by atoms with E-state index in [1.807, 2.05) is 12.1 Å². The summed E-state index contributed by atoms with van der Waals surface area (Å²) in [5.74, 6) is 1.07. The third-order valence-corrected chi connectivity index (χ3v) is 5.67. The number of ether oxygens (including phenoxy) is 1. The Morgan fingerprint density at radius 1 is 0.963 bits per heavy atom. The number of nitrogens with zero attached hydrogens (tertiary/aromatic N) is 1. The monoisotopic (exact) mass is 367 g/mol. The highest BCUT2D eigenvalue weighted by Gasteiger charge is 2.30. The van der Waals surface area contributed by atoms with Gasteiger partial charge < -0.3 is 9.84 Å². The Labute approximate surface area is 164 Å². The molecule has 0 aromatic heterocycles. The van der Waals surface area contributed by atoms with E-state index in [2.05, 4.69) is 56.0 Å². The third kappa shape index (κ3) is 5.57. The van der Waals surface area contributed by atoms with E-state index in [0.29, 0.717) is 11.8 Å². The summed E-state index contributed by atoms with van der Waals surface area (Å²) < 4.78 is 6.29. The largest absolute Gasteiger partial charge is 0.508 e. The number of likely N-dealkylation sites (tertiary alicyclic amines) is 1. The van der Waals surface area contributed by atoms with Gasteiger partial charge in [0, 0.05) is 6.04 Å². The zero-order valence-electron chi connectivity index (χ0n) is 16.8. The minimum absolute atomic E-state index is 0.0243. The zero-order chi connectivity index (χ0) is 19.2. The molecule has 3 rings (SSSR count). The molecule has 1 aliphatic rings. The van der Waals surface area contributed by atoms with Crippen LogP contribution in [0.25, 0.3) is 0 Å². The topological polar surface area (TPSA) is 32.7 Å². The molecule has 0 bridgehead atoms. The van der Waals surface area contributed by atoms with Crippen molar-refractivity contribution in [3.05, 3.63) is 65.7 Å². The molecule has 3 heteroatoms. The maximum Gasteiger partial charge on any atom is 0.115 e. The Kier molecular flexibility index (Phi) is 6.92. The molecule has 1 saturated heterocycles. The van der Waals surface area contributed by atoms with E-state index in [9.17, 15) is 5.11 Å². The summed E-state index contributed by atoms with van der Waals surface area (Å²) in [6.07, 6.45) is 3.86. The summed E-state index contributed by atoms with van der Waals surface area (Å²) in [4.78, 5) is 2.57. The number of piperidine rings is 1. The number of rotatable bonds is 7. The SMILES string of the molecule is CC(C)OC(c1ccc(O)cc1)C(C)N1CCC(Cc2ccccc2)CC1. The van der Waals surface area contributed by atoms with E-state index >= 15 is 0 Å². The lowest BCUT2D eigenvalue weighted by molar-refractivity contribution is -0.0492. The van der Waals surface area contributed by atoms with Crippen LogP contribution in [0.2, 0.25) is 0 Å². The molecule has 0 amide bonds. The number of phenols is 1. The summed E-state index contributed by atoms with van der Waals surface area (Å²) in [5, 5.41) is 9.61. The predicted molar refractivity (Wildman–Crippen MR) is 111 cm³/mol. The number of hydrogen-bond acceptors (Lipinski definition) is 3. The quantitative estimate of drug-likeness (QED) is 0.730. The second-order valence-corrected chi connectivity index (χ2v) is 8.11. The van der Waals surface area contributed by atoms with Gasteiger partial charge in [0.05, 0.1) is 12.2 Å². The summed E-state index contributed by atoms with van der Waals surface area (Å²) in [5.41, 5.74) is 2.59. The average Bonchev–Trinajstić information content (AvgIpc) is 2.68. The van der Waals surface area contributed by atoms with Crippen molar-refractivity contribution >= 4 is 0 Å². The van der Waals surface area contributed by atoms with Gasteiger partial charge in [0.1, 0.15) is 5.75 Å². The first-order valence-electron chi connectivity index (χ1n) is 10.3. The first kappa shape index (κ1) is 19.9. The van der Waals surface area contributed by atoms with E-state index in [1.165, 1.54) is 24.8 Å². The number of hydrogen-bond donors (Lipinski definition) is 1. The highest BCUT2D eigenvalue weighted by molar-refractivity contribution is 5.28. The normalized spacial score (nSPS) is 18.5. The van der Waals surface area contributed by atoms with E-state index in [0.717, 1.165) is 24.6 Å². The summed E-state index contributed by atoms with van der Waals surface area (Å²) in [6.45, 7) is 8.69. The maximum absolute atomic E-state index is 9.61. The molecule has 3 nitrogen and oxygen atoms in total. The Morgan fingerprint density at radius 3 is 2.19 bits per heavy atom. The molecule has 2 aromatic rings. The van der Waals surface area contributed by atoms with E-state index in [4.69, 9.17) is 4.74 Å². The van der Waals surface area contributed by atoms with Crippen molar-refractivity contribution in [3.8, 4) is 5.75 Å². The van der Waals surface area contributed by atoms with Crippen LogP contribution in [-0.4, -0.2) is 35.2 Å². The number of aromatic hydroxyl groups is 1. The molecular weight excluding hydrogens is 334 g/mol. The van der Waals surface area contributed by atoms with Crippen molar-refractivity contribution < 1.29 is 9.84 Å². The van der Waals surface area contributed by atoms with Crippen molar-refractivity contribution in [1.82, 2.24) is 4.90 Å². The highest BCUT2D eigenvalue weighted by atomic mass is 16.5. The van der Waals surface area contributed by atoms with Crippen molar-refractivity contribution in [2.45, 2.75) is 58.3 Å². The highest BCUT2D eigenvalue weighted by Crippen LogP contribution is 2.31. The van der Waals surface area contributed by atoms with Gasteiger partial charge in [-0.2, -0.15) is 0 Å². The molecule has 1 fully saturated rings. The minimum Gasteiger partial charge on any atom is -0.508 e. The van der Waals surface area contributed by atoms with Crippen LogP contribution in [-0.2, 0) is 11.2 Å². The van der Waals surface area contributed by atoms with E-state index in [1.54, 1.807) is 12.1 Å². The van der Waals surface area contributed by atoms with Crippen molar-refractivity contribution in [2.75, 3.05) is 13.1 Å². The van der Waals surface area contributed by atoms with Gasteiger partial charge in [-0.15, -0.1) is 0 Å². The molecule has 27 heavy (non-hydrogen) atoms. The van der Waals surface area contributed by atoms with E-state index < -0.39 is 0 Å². The molecule has 2 atom stereocenters. The molecule has 0 radical (unpaired) electrons. The first-order chi connectivity index (χ1) is 13.0. The van der Waals surface area contributed by atoms with Gasteiger partial charge in [0.25, 0.3) is 0 Å². The van der Waals surface area contributed by atoms with Crippen LogP contribution < -0.4 is 0 Å². The summed E-state index contributed by atoms with van der Waals surface area (Å²) in [7, 11) is 0. The fourth-order valence-corrected chi connectivity index (χ4v) is 4.13. The van der Waals surface area contributed by atoms with Crippen LogP contribution in [0.4, 0.5) is 0 Å². The molecule has 2 unspecified atom stereocenters. The zero-order valence-corrected chi connectivity index (χ0v) is 16.8. The van der Waals surface area contributed by atoms with Crippen LogP contribution >= 0.6 is 0 Å². The lowest BCUT2D eigenvalue weighted by Crippen LogP contribution is -2.44. The molecule has 0 aliphatic carbocycles.